The van der Waals surface area contributed by atoms with Gasteiger partial charge < -0.3 is 11.1 Å². The lowest BCUT2D eigenvalue weighted by atomic mass is 9.78. The van der Waals surface area contributed by atoms with Crippen LogP contribution in [-0.2, 0) is 4.79 Å². The second-order valence-corrected chi connectivity index (χ2v) is 6.42. The van der Waals surface area contributed by atoms with Crippen LogP contribution in [0, 0.1) is 23.7 Å². The van der Waals surface area contributed by atoms with Gasteiger partial charge in [0.15, 0.2) is 0 Å². The summed E-state index contributed by atoms with van der Waals surface area (Å²) in [6, 6.07) is 0.389. The van der Waals surface area contributed by atoms with E-state index in [1.54, 1.807) is 0 Å². The standard InChI is InChI=1S/C15H28N2O/c1-10-5-3-8-14(11(10)2)17-15(18)13-7-4-6-12(13)9-16/h10-14H,3-9,16H2,1-2H3,(H,17,18). The number of hydrogen-bond acceptors (Lipinski definition) is 2. The molecule has 0 saturated heterocycles. The molecule has 2 aliphatic rings. The van der Waals surface area contributed by atoms with Gasteiger partial charge in [-0.3, -0.25) is 4.79 Å². The third-order valence-corrected chi connectivity index (χ3v) is 5.33. The maximum absolute atomic E-state index is 12.4. The molecule has 3 nitrogen and oxygen atoms in total. The van der Waals surface area contributed by atoms with Crippen LogP contribution in [0.25, 0.3) is 0 Å². The first-order valence-electron chi connectivity index (χ1n) is 7.64. The van der Waals surface area contributed by atoms with E-state index in [2.05, 4.69) is 19.2 Å². The highest BCUT2D eigenvalue weighted by Crippen LogP contribution is 2.33. The molecule has 2 fully saturated rings. The van der Waals surface area contributed by atoms with Crippen LogP contribution in [0.2, 0.25) is 0 Å². The monoisotopic (exact) mass is 252 g/mol. The fraction of sp³-hybridized carbons (Fsp3) is 0.933. The third-order valence-electron chi connectivity index (χ3n) is 5.33. The van der Waals surface area contributed by atoms with Crippen molar-refractivity contribution in [1.29, 1.82) is 0 Å². The number of hydrogen-bond donors (Lipinski definition) is 2. The van der Waals surface area contributed by atoms with Gasteiger partial charge in [-0.05, 0) is 43.6 Å². The maximum Gasteiger partial charge on any atom is 0.223 e. The second-order valence-electron chi connectivity index (χ2n) is 6.42. The SMILES string of the molecule is CC1CCCC(NC(=O)C2CCCC2CN)C1C. The Morgan fingerprint density at radius 2 is 1.89 bits per heavy atom. The molecule has 18 heavy (non-hydrogen) atoms. The zero-order chi connectivity index (χ0) is 13.1. The first-order valence-corrected chi connectivity index (χ1v) is 7.64. The summed E-state index contributed by atoms with van der Waals surface area (Å²) in [6.45, 7) is 5.25. The first-order chi connectivity index (χ1) is 8.63. The minimum Gasteiger partial charge on any atom is -0.353 e. The van der Waals surface area contributed by atoms with Gasteiger partial charge in [-0.2, -0.15) is 0 Å². The van der Waals surface area contributed by atoms with Crippen LogP contribution in [0.4, 0.5) is 0 Å². The summed E-state index contributed by atoms with van der Waals surface area (Å²) in [5, 5.41) is 3.31. The van der Waals surface area contributed by atoms with Gasteiger partial charge in [-0.1, -0.05) is 33.1 Å². The Hall–Kier alpha value is -0.570. The number of nitrogens with one attached hydrogen (secondary N) is 1. The number of carbonyl (C=O) groups excluding carboxylic acids is 1. The van der Waals surface area contributed by atoms with E-state index in [9.17, 15) is 4.79 Å². The van der Waals surface area contributed by atoms with Gasteiger partial charge in [0.1, 0.15) is 0 Å². The Kier molecular flexibility index (Phi) is 4.66. The largest absolute Gasteiger partial charge is 0.353 e. The normalized spacial score (nSPS) is 40.7. The molecular formula is C15H28N2O. The molecule has 2 rings (SSSR count). The zero-order valence-electron chi connectivity index (χ0n) is 11.8. The van der Waals surface area contributed by atoms with Crippen LogP contribution in [0.1, 0.15) is 52.4 Å². The van der Waals surface area contributed by atoms with Crippen LogP contribution in [0.3, 0.4) is 0 Å². The molecule has 1 amide bonds. The molecule has 3 heteroatoms. The minimum absolute atomic E-state index is 0.180. The lowest BCUT2D eigenvalue weighted by molar-refractivity contribution is -0.127. The van der Waals surface area contributed by atoms with E-state index < -0.39 is 0 Å². The van der Waals surface area contributed by atoms with E-state index >= 15 is 0 Å². The van der Waals surface area contributed by atoms with Crippen molar-refractivity contribution in [3.8, 4) is 0 Å². The molecular weight excluding hydrogens is 224 g/mol. The molecule has 2 saturated carbocycles. The molecule has 0 radical (unpaired) electrons. The zero-order valence-corrected chi connectivity index (χ0v) is 11.8. The molecule has 0 spiro atoms. The molecule has 2 aliphatic carbocycles. The molecule has 104 valence electrons. The van der Waals surface area contributed by atoms with E-state index in [0.29, 0.717) is 24.4 Å². The highest BCUT2D eigenvalue weighted by molar-refractivity contribution is 5.79. The van der Waals surface area contributed by atoms with Gasteiger partial charge in [0, 0.05) is 12.0 Å². The van der Waals surface area contributed by atoms with Gasteiger partial charge in [0.2, 0.25) is 5.91 Å². The van der Waals surface area contributed by atoms with Crippen LogP contribution in [0.15, 0.2) is 0 Å². The third kappa shape index (κ3) is 2.87. The number of nitrogens with two attached hydrogens (primary N) is 1. The summed E-state index contributed by atoms with van der Waals surface area (Å²) in [5.41, 5.74) is 5.76. The van der Waals surface area contributed by atoms with E-state index in [1.807, 2.05) is 0 Å². The molecule has 0 aromatic rings. The van der Waals surface area contributed by atoms with Gasteiger partial charge in [0.05, 0.1) is 0 Å². The predicted octanol–water partition coefficient (Wildman–Crippen LogP) is 2.30. The molecule has 5 unspecified atom stereocenters. The summed E-state index contributed by atoms with van der Waals surface area (Å²) in [5.74, 6) is 2.22. The lowest BCUT2D eigenvalue weighted by Crippen LogP contribution is -2.47. The van der Waals surface area contributed by atoms with Crippen molar-refractivity contribution in [2.24, 2.45) is 29.4 Å². The number of amides is 1. The summed E-state index contributed by atoms with van der Waals surface area (Å²) in [6.07, 6.45) is 7.03. The Balaban J connectivity index is 1.90. The quantitative estimate of drug-likeness (QED) is 0.810. The van der Waals surface area contributed by atoms with Gasteiger partial charge in [-0.25, -0.2) is 0 Å². The van der Waals surface area contributed by atoms with Crippen LogP contribution >= 0.6 is 0 Å². The van der Waals surface area contributed by atoms with E-state index in [-0.39, 0.29) is 11.8 Å². The van der Waals surface area contributed by atoms with E-state index in [0.717, 1.165) is 31.6 Å². The molecule has 0 aliphatic heterocycles. The minimum atomic E-state index is 0.180. The Bertz CT molecular complexity index is 292. The summed E-state index contributed by atoms with van der Waals surface area (Å²) in [7, 11) is 0. The second kappa shape index (κ2) is 6.05. The molecule has 0 heterocycles. The van der Waals surface area contributed by atoms with Gasteiger partial charge >= 0.3 is 0 Å². The van der Waals surface area contributed by atoms with Crippen molar-refractivity contribution in [1.82, 2.24) is 5.32 Å². The molecule has 0 aromatic carbocycles. The van der Waals surface area contributed by atoms with Crippen molar-refractivity contribution >= 4 is 5.91 Å². The van der Waals surface area contributed by atoms with Crippen LogP contribution < -0.4 is 11.1 Å². The predicted molar refractivity (Wildman–Crippen MR) is 74.0 cm³/mol. The van der Waals surface area contributed by atoms with Crippen molar-refractivity contribution in [3.63, 3.8) is 0 Å². The molecule has 5 atom stereocenters. The summed E-state index contributed by atoms with van der Waals surface area (Å²) in [4.78, 5) is 12.4. The van der Waals surface area contributed by atoms with Crippen molar-refractivity contribution < 1.29 is 4.79 Å². The highest BCUT2D eigenvalue weighted by atomic mass is 16.2. The van der Waals surface area contributed by atoms with Gasteiger partial charge in [0.25, 0.3) is 0 Å². The Labute approximate surface area is 111 Å². The highest BCUT2D eigenvalue weighted by Gasteiger charge is 2.35. The van der Waals surface area contributed by atoms with Crippen molar-refractivity contribution in [3.05, 3.63) is 0 Å². The topological polar surface area (TPSA) is 55.1 Å². The average Bonchev–Trinajstić information content (AvgIpc) is 2.83. The Morgan fingerprint density at radius 3 is 2.61 bits per heavy atom. The van der Waals surface area contributed by atoms with Gasteiger partial charge in [-0.15, -0.1) is 0 Å². The smallest absolute Gasteiger partial charge is 0.223 e. The fourth-order valence-corrected chi connectivity index (χ4v) is 3.74. The lowest BCUT2D eigenvalue weighted by Gasteiger charge is -2.35. The first kappa shape index (κ1) is 13.9. The average molecular weight is 252 g/mol. The Morgan fingerprint density at radius 1 is 1.17 bits per heavy atom. The van der Waals surface area contributed by atoms with Crippen LogP contribution in [-0.4, -0.2) is 18.5 Å². The van der Waals surface area contributed by atoms with Crippen LogP contribution in [0.5, 0.6) is 0 Å². The molecule has 3 N–H and O–H groups in total. The summed E-state index contributed by atoms with van der Waals surface area (Å²) >= 11 is 0. The van der Waals surface area contributed by atoms with E-state index in [1.165, 1.54) is 12.8 Å². The van der Waals surface area contributed by atoms with Crippen molar-refractivity contribution in [2.45, 2.75) is 58.4 Å². The van der Waals surface area contributed by atoms with E-state index in [4.69, 9.17) is 5.73 Å². The maximum atomic E-state index is 12.4. The summed E-state index contributed by atoms with van der Waals surface area (Å²) < 4.78 is 0. The van der Waals surface area contributed by atoms with Crippen molar-refractivity contribution in [2.75, 3.05) is 6.54 Å². The fourth-order valence-electron chi connectivity index (χ4n) is 3.74. The number of carbonyl (C=O) groups is 1. The number of rotatable bonds is 3. The molecule has 0 aromatic heterocycles. The molecule has 0 bridgehead atoms.